The third-order valence-corrected chi connectivity index (χ3v) is 4.96. The highest BCUT2D eigenvalue weighted by molar-refractivity contribution is 6.62. The zero-order valence-corrected chi connectivity index (χ0v) is 13.8. The normalized spacial score (nSPS) is 15.8. The van der Waals surface area contributed by atoms with Gasteiger partial charge in [-0.05, 0) is 65.8 Å². The van der Waals surface area contributed by atoms with Crippen molar-refractivity contribution in [2.45, 2.75) is 18.8 Å². The first-order valence-corrected chi connectivity index (χ1v) is 8.38. The maximum absolute atomic E-state index is 13.3. The summed E-state index contributed by atoms with van der Waals surface area (Å²) in [6.07, 6.45) is 1.61. The van der Waals surface area contributed by atoms with Crippen LogP contribution in [0, 0.1) is 17.6 Å². The van der Waals surface area contributed by atoms with Gasteiger partial charge in [0.15, 0.2) is 0 Å². The molecule has 1 aliphatic heterocycles. The van der Waals surface area contributed by atoms with Crippen LogP contribution in [0.2, 0.25) is 0 Å². The Bertz CT molecular complexity index is 649. The highest BCUT2D eigenvalue weighted by Gasteiger charge is 2.30. The number of hydrogen-bond donors (Lipinski definition) is 0. The van der Waals surface area contributed by atoms with E-state index in [1.807, 2.05) is 0 Å². The number of benzene rings is 2. The van der Waals surface area contributed by atoms with Crippen LogP contribution < -0.4 is 0 Å². The van der Waals surface area contributed by atoms with Crippen LogP contribution >= 0.6 is 11.6 Å². The number of nitrogens with zero attached hydrogens (tertiary/aromatic N) is 1. The summed E-state index contributed by atoms with van der Waals surface area (Å²) in [5.74, 6) is -0.231. The van der Waals surface area contributed by atoms with Gasteiger partial charge in [-0.1, -0.05) is 24.3 Å². The Labute approximate surface area is 145 Å². The topological polar surface area (TPSA) is 20.3 Å². The molecular formula is C19H18ClF2NO. The number of halogens is 3. The predicted molar refractivity (Wildman–Crippen MR) is 90.2 cm³/mol. The highest BCUT2D eigenvalue weighted by Crippen LogP contribution is 2.38. The van der Waals surface area contributed by atoms with E-state index < -0.39 is 5.37 Å². The molecule has 0 atom stereocenters. The molecule has 1 heterocycles. The van der Waals surface area contributed by atoms with Gasteiger partial charge >= 0.3 is 5.37 Å². The molecule has 0 bridgehead atoms. The second kappa shape index (κ2) is 7.31. The molecule has 1 amide bonds. The van der Waals surface area contributed by atoms with Crippen LogP contribution in [0.4, 0.5) is 13.6 Å². The summed E-state index contributed by atoms with van der Waals surface area (Å²) in [5, 5.41) is -0.423. The molecule has 5 heteroatoms. The smallest absolute Gasteiger partial charge is 0.316 e. The molecule has 1 aliphatic rings. The van der Waals surface area contributed by atoms with E-state index in [2.05, 4.69) is 0 Å². The number of carbonyl (C=O) groups is 1. The summed E-state index contributed by atoms with van der Waals surface area (Å²) in [7, 11) is 0. The Morgan fingerprint density at radius 3 is 1.71 bits per heavy atom. The molecule has 0 aliphatic carbocycles. The van der Waals surface area contributed by atoms with E-state index in [1.54, 1.807) is 29.2 Å². The first-order chi connectivity index (χ1) is 11.5. The SMILES string of the molecule is O=C(Cl)N1CCC(C(c2ccc(F)cc2)c2ccc(F)cc2)CC1. The molecule has 2 aromatic carbocycles. The Hall–Kier alpha value is -1.94. The van der Waals surface area contributed by atoms with Gasteiger partial charge in [-0.25, -0.2) is 8.78 Å². The number of hydrogen-bond acceptors (Lipinski definition) is 1. The van der Waals surface area contributed by atoms with Crippen LogP contribution in [0.25, 0.3) is 0 Å². The number of rotatable bonds is 3. The van der Waals surface area contributed by atoms with Gasteiger partial charge in [0.1, 0.15) is 11.6 Å². The second-order valence-corrected chi connectivity index (χ2v) is 6.48. The third kappa shape index (κ3) is 3.75. The fraction of sp³-hybridized carbons (Fsp3) is 0.316. The molecule has 0 spiro atoms. The van der Waals surface area contributed by atoms with Crippen LogP contribution in [-0.4, -0.2) is 23.4 Å². The van der Waals surface area contributed by atoms with Gasteiger partial charge in [-0.15, -0.1) is 0 Å². The molecule has 0 aromatic heterocycles. The zero-order chi connectivity index (χ0) is 17.1. The van der Waals surface area contributed by atoms with Crippen molar-refractivity contribution in [1.82, 2.24) is 4.90 Å². The van der Waals surface area contributed by atoms with E-state index in [0.717, 1.165) is 24.0 Å². The molecule has 1 saturated heterocycles. The summed E-state index contributed by atoms with van der Waals surface area (Å²) in [6.45, 7) is 1.21. The lowest BCUT2D eigenvalue weighted by Crippen LogP contribution is -2.37. The van der Waals surface area contributed by atoms with E-state index >= 15 is 0 Å². The largest absolute Gasteiger partial charge is 0.329 e. The van der Waals surface area contributed by atoms with Crippen molar-refractivity contribution in [3.8, 4) is 0 Å². The zero-order valence-electron chi connectivity index (χ0n) is 13.1. The predicted octanol–water partition coefficient (Wildman–Crippen LogP) is 5.17. The van der Waals surface area contributed by atoms with E-state index in [-0.39, 0.29) is 23.5 Å². The molecule has 0 radical (unpaired) electrons. The van der Waals surface area contributed by atoms with Gasteiger partial charge in [0, 0.05) is 19.0 Å². The molecule has 24 heavy (non-hydrogen) atoms. The molecule has 0 saturated carbocycles. The van der Waals surface area contributed by atoms with Gasteiger partial charge < -0.3 is 4.90 Å². The number of amides is 1. The standard InChI is InChI=1S/C19H18ClF2NO/c20-19(24)23-11-9-15(10-12-23)18(13-1-5-16(21)6-2-13)14-3-7-17(22)8-4-14/h1-8,15,18H,9-12H2. The van der Waals surface area contributed by atoms with E-state index in [9.17, 15) is 13.6 Å². The van der Waals surface area contributed by atoms with Crippen LogP contribution in [0.3, 0.4) is 0 Å². The van der Waals surface area contributed by atoms with Crippen molar-refractivity contribution in [3.05, 3.63) is 71.3 Å². The van der Waals surface area contributed by atoms with Crippen molar-refractivity contribution >= 4 is 17.0 Å². The third-order valence-electron chi connectivity index (χ3n) is 4.72. The second-order valence-electron chi connectivity index (χ2n) is 6.16. The first kappa shape index (κ1) is 16.9. The quantitative estimate of drug-likeness (QED) is 0.553. The minimum Gasteiger partial charge on any atom is -0.329 e. The van der Waals surface area contributed by atoms with Gasteiger partial charge in [-0.3, -0.25) is 4.79 Å². The summed E-state index contributed by atoms with van der Waals surface area (Å²) >= 11 is 5.56. The van der Waals surface area contributed by atoms with E-state index in [1.165, 1.54) is 24.3 Å². The number of likely N-dealkylation sites (tertiary alicyclic amines) is 1. The van der Waals surface area contributed by atoms with Crippen molar-refractivity contribution in [2.75, 3.05) is 13.1 Å². The molecule has 0 unspecified atom stereocenters. The van der Waals surface area contributed by atoms with Crippen molar-refractivity contribution in [3.63, 3.8) is 0 Å². The lowest BCUT2D eigenvalue weighted by Gasteiger charge is -2.35. The Balaban J connectivity index is 1.89. The van der Waals surface area contributed by atoms with Crippen molar-refractivity contribution in [2.24, 2.45) is 5.92 Å². The average molecular weight is 350 g/mol. The summed E-state index contributed by atoms with van der Waals surface area (Å²) < 4.78 is 26.6. The minimum atomic E-state index is -0.423. The summed E-state index contributed by atoms with van der Waals surface area (Å²) in [6, 6.07) is 12.9. The van der Waals surface area contributed by atoms with Crippen LogP contribution in [0.15, 0.2) is 48.5 Å². The molecule has 1 fully saturated rings. The lowest BCUT2D eigenvalue weighted by atomic mass is 9.76. The van der Waals surface area contributed by atoms with E-state index in [0.29, 0.717) is 13.1 Å². The maximum Gasteiger partial charge on any atom is 0.316 e. The average Bonchev–Trinajstić information content (AvgIpc) is 2.59. The summed E-state index contributed by atoms with van der Waals surface area (Å²) in [4.78, 5) is 12.9. The lowest BCUT2D eigenvalue weighted by molar-refractivity contribution is 0.186. The van der Waals surface area contributed by atoms with Crippen LogP contribution in [0.5, 0.6) is 0 Å². The molecule has 126 valence electrons. The first-order valence-electron chi connectivity index (χ1n) is 8.00. The van der Waals surface area contributed by atoms with E-state index in [4.69, 9.17) is 11.6 Å². The van der Waals surface area contributed by atoms with Crippen LogP contribution in [0.1, 0.15) is 29.9 Å². The number of carbonyl (C=O) groups excluding carboxylic acids is 1. The molecule has 2 nitrogen and oxygen atoms in total. The molecule has 3 rings (SSSR count). The van der Waals surface area contributed by atoms with Gasteiger partial charge in [0.05, 0.1) is 0 Å². The minimum absolute atomic E-state index is 0.0405. The van der Waals surface area contributed by atoms with Crippen molar-refractivity contribution < 1.29 is 13.6 Å². The molecule has 2 aromatic rings. The Kier molecular flexibility index (Phi) is 5.14. The highest BCUT2D eigenvalue weighted by atomic mass is 35.5. The monoisotopic (exact) mass is 349 g/mol. The fourth-order valence-corrected chi connectivity index (χ4v) is 3.65. The Morgan fingerprint density at radius 2 is 1.33 bits per heavy atom. The van der Waals surface area contributed by atoms with Gasteiger partial charge in [0.25, 0.3) is 0 Å². The van der Waals surface area contributed by atoms with Gasteiger partial charge in [-0.2, -0.15) is 0 Å². The molecular weight excluding hydrogens is 332 g/mol. The number of piperidine rings is 1. The summed E-state index contributed by atoms with van der Waals surface area (Å²) in [5.41, 5.74) is 2.00. The Morgan fingerprint density at radius 1 is 0.917 bits per heavy atom. The fourth-order valence-electron chi connectivity index (χ4n) is 3.49. The molecule has 0 N–H and O–H groups in total. The van der Waals surface area contributed by atoms with Crippen molar-refractivity contribution in [1.29, 1.82) is 0 Å². The maximum atomic E-state index is 13.3. The van der Waals surface area contributed by atoms with Crippen LogP contribution in [-0.2, 0) is 0 Å². The van der Waals surface area contributed by atoms with Gasteiger partial charge in [0.2, 0.25) is 0 Å².